The quantitative estimate of drug-likeness (QED) is 0.871. The standard InChI is InChI=1S/C12H13ClN4/c13-11-5-6-12(17-16-11)15-8-10-3-1-9(7-14)2-4-10/h1-6H,7-8,14H2,(H,15,17). The number of hydrogen-bond acceptors (Lipinski definition) is 4. The Labute approximate surface area is 105 Å². The van der Waals surface area contributed by atoms with E-state index in [-0.39, 0.29) is 0 Å². The van der Waals surface area contributed by atoms with Crippen molar-refractivity contribution in [1.29, 1.82) is 0 Å². The number of halogens is 1. The molecule has 0 radical (unpaired) electrons. The van der Waals surface area contributed by atoms with E-state index in [9.17, 15) is 0 Å². The molecule has 0 saturated heterocycles. The number of nitrogens with zero attached hydrogens (tertiary/aromatic N) is 2. The van der Waals surface area contributed by atoms with Crippen LogP contribution in [0.3, 0.4) is 0 Å². The number of benzene rings is 1. The predicted molar refractivity (Wildman–Crippen MR) is 68.7 cm³/mol. The highest BCUT2D eigenvalue weighted by Crippen LogP contribution is 2.09. The molecule has 2 aromatic rings. The molecule has 4 nitrogen and oxygen atoms in total. The first kappa shape index (κ1) is 11.8. The maximum absolute atomic E-state index is 5.65. The van der Waals surface area contributed by atoms with Crippen LogP contribution in [0.2, 0.25) is 5.15 Å². The Kier molecular flexibility index (Phi) is 3.90. The smallest absolute Gasteiger partial charge is 0.151 e. The van der Waals surface area contributed by atoms with Crippen LogP contribution in [0.1, 0.15) is 11.1 Å². The fourth-order valence-electron chi connectivity index (χ4n) is 1.40. The summed E-state index contributed by atoms with van der Waals surface area (Å²) in [6.07, 6.45) is 0. The lowest BCUT2D eigenvalue weighted by Gasteiger charge is -2.05. The molecule has 2 rings (SSSR count). The molecule has 0 atom stereocenters. The van der Waals surface area contributed by atoms with Crippen LogP contribution in [-0.4, -0.2) is 10.2 Å². The van der Waals surface area contributed by atoms with Gasteiger partial charge in [0, 0.05) is 13.1 Å². The van der Waals surface area contributed by atoms with Crippen LogP contribution >= 0.6 is 11.6 Å². The minimum absolute atomic E-state index is 0.392. The second-order valence-electron chi connectivity index (χ2n) is 3.62. The molecule has 5 heteroatoms. The molecule has 1 aromatic heterocycles. The lowest BCUT2D eigenvalue weighted by molar-refractivity contribution is 0.998. The Bertz CT molecular complexity index is 467. The number of aromatic nitrogens is 2. The topological polar surface area (TPSA) is 63.8 Å². The summed E-state index contributed by atoms with van der Waals surface area (Å²) in [5.74, 6) is 0.706. The molecule has 1 aromatic carbocycles. The SMILES string of the molecule is NCc1ccc(CNc2ccc(Cl)nn2)cc1. The van der Waals surface area contributed by atoms with Gasteiger partial charge in [-0.3, -0.25) is 0 Å². The Morgan fingerprint density at radius 2 is 1.71 bits per heavy atom. The van der Waals surface area contributed by atoms with Gasteiger partial charge < -0.3 is 11.1 Å². The first-order chi connectivity index (χ1) is 8.28. The van der Waals surface area contributed by atoms with E-state index < -0.39 is 0 Å². The summed E-state index contributed by atoms with van der Waals surface area (Å²) in [6, 6.07) is 11.6. The van der Waals surface area contributed by atoms with E-state index in [1.165, 1.54) is 5.56 Å². The number of rotatable bonds is 4. The van der Waals surface area contributed by atoms with Gasteiger partial charge in [0.15, 0.2) is 5.15 Å². The molecule has 0 amide bonds. The third-order valence-electron chi connectivity index (χ3n) is 2.36. The van der Waals surface area contributed by atoms with Gasteiger partial charge in [0.25, 0.3) is 0 Å². The van der Waals surface area contributed by atoms with Gasteiger partial charge in [0.2, 0.25) is 0 Å². The molecule has 0 unspecified atom stereocenters. The molecule has 1 heterocycles. The molecule has 0 aliphatic rings. The number of anilines is 1. The number of nitrogens with two attached hydrogens (primary N) is 1. The van der Waals surface area contributed by atoms with Gasteiger partial charge in [0.05, 0.1) is 0 Å². The minimum atomic E-state index is 0.392. The van der Waals surface area contributed by atoms with Gasteiger partial charge in [-0.25, -0.2) is 0 Å². The van der Waals surface area contributed by atoms with E-state index in [1.54, 1.807) is 12.1 Å². The first-order valence-corrected chi connectivity index (χ1v) is 5.67. The Balaban J connectivity index is 1.95. The maximum Gasteiger partial charge on any atom is 0.151 e. The van der Waals surface area contributed by atoms with Crippen molar-refractivity contribution in [3.05, 3.63) is 52.7 Å². The number of nitrogens with one attached hydrogen (secondary N) is 1. The third kappa shape index (κ3) is 3.41. The fourth-order valence-corrected chi connectivity index (χ4v) is 1.50. The van der Waals surface area contributed by atoms with E-state index >= 15 is 0 Å². The van der Waals surface area contributed by atoms with Crippen LogP contribution in [0, 0.1) is 0 Å². The van der Waals surface area contributed by atoms with Crippen LogP contribution in [0.4, 0.5) is 5.82 Å². The van der Waals surface area contributed by atoms with Crippen LogP contribution < -0.4 is 11.1 Å². The van der Waals surface area contributed by atoms with Gasteiger partial charge in [-0.15, -0.1) is 10.2 Å². The third-order valence-corrected chi connectivity index (χ3v) is 2.57. The molecule has 0 aliphatic heterocycles. The van der Waals surface area contributed by atoms with E-state index in [0.717, 1.165) is 5.56 Å². The Morgan fingerprint density at radius 1 is 1.00 bits per heavy atom. The van der Waals surface area contributed by atoms with Crippen LogP contribution in [0.5, 0.6) is 0 Å². The second-order valence-corrected chi connectivity index (χ2v) is 4.00. The van der Waals surface area contributed by atoms with Crippen molar-refractivity contribution in [2.45, 2.75) is 13.1 Å². The van der Waals surface area contributed by atoms with Crippen molar-refractivity contribution in [3.8, 4) is 0 Å². The zero-order valence-corrected chi connectivity index (χ0v) is 9.98. The molecule has 0 saturated carbocycles. The molecule has 0 aliphatic carbocycles. The molecule has 0 spiro atoms. The van der Waals surface area contributed by atoms with E-state index in [4.69, 9.17) is 17.3 Å². The van der Waals surface area contributed by atoms with Crippen molar-refractivity contribution in [2.24, 2.45) is 5.73 Å². The molecular weight excluding hydrogens is 236 g/mol. The van der Waals surface area contributed by atoms with Gasteiger partial charge in [0.1, 0.15) is 5.82 Å². The lowest BCUT2D eigenvalue weighted by Crippen LogP contribution is -2.02. The summed E-state index contributed by atoms with van der Waals surface area (Å²) in [4.78, 5) is 0. The van der Waals surface area contributed by atoms with Gasteiger partial charge in [-0.05, 0) is 23.3 Å². The predicted octanol–water partition coefficient (Wildman–Crippen LogP) is 2.20. The summed E-state index contributed by atoms with van der Waals surface area (Å²) in [6.45, 7) is 1.26. The zero-order chi connectivity index (χ0) is 12.1. The average molecular weight is 249 g/mol. The summed E-state index contributed by atoms with van der Waals surface area (Å²) in [5.41, 5.74) is 7.82. The highest BCUT2D eigenvalue weighted by atomic mass is 35.5. The zero-order valence-electron chi connectivity index (χ0n) is 9.23. The highest BCUT2D eigenvalue weighted by Gasteiger charge is 1.97. The maximum atomic E-state index is 5.65. The lowest BCUT2D eigenvalue weighted by atomic mass is 10.1. The van der Waals surface area contributed by atoms with Gasteiger partial charge in [-0.1, -0.05) is 35.9 Å². The molecule has 3 N–H and O–H groups in total. The van der Waals surface area contributed by atoms with Crippen LogP contribution in [0.15, 0.2) is 36.4 Å². The van der Waals surface area contributed by atoms with Crippen molar-refractivity contribution in [2.75, 3.05) is 5.32 Å². The van der Waals surface area contributed by atoms with Crippen LogP contribution in [-0.2, 0) is 13.1 Å². The van der Waals surface area contributed by atoms with Gasteiger partial charge in [-0.2, -0.15) is 0 Å². The van der Waals surface area contributed by atoms with Gasteiger partial charge >= 0.3 is 0 Å². The molecule has 0 fully saturated rings. The van der Waals surface area contributed by atoms with Crippen molar-refractivity contribution >= 4 is 17.4 Å². The highest BCUT2D eigenvalue weighted by molar-refractivity contribution is 6.29. The normalized spacial score (nSPS) is 10.2. The second kappa shape index (κ2) is 5.61. The van der Waals surface area contributed by atoms with E-state index in [0.29, 0.717) is 24.1 Å². The molecule has 0 bridgehead atoms. The van der Waals surface area contributed by atoms with Crippen LogP contribution in [0.25, 0.3) is 0 Å². The largest absolute Gasteiger partial charge is 0.365 e. The summed E-state index contributed by atoms with van der Waals surface area (Å²) >= 11 is 5.65. The monoisotopic (exact) mass is 248 g/mol. The molecular formula is C12H13ClN4. The molecule has 88 valence electrons. The van der Waals surface area contributed by atoms with Crippen molar-refractivity contribution in [1.82, 2.24) is 10.2 Å². The Hall–Kier alpha value is -1.65. The minimum Gasteiger partial charge on any atom is -0.365 e. The summed E-state index contributed by atoms with van der Waals surface area (Å²) in [5, 5.41) is 11.2. The molecule has 17 heavy (non-hydrogen) atoms. The summed E-state index contributed by atoms with van der Waals surface area (Å²) in [7, 11) is 0. The Morgan fingerprint density at radius 3 is 2.29 bits per heavy atom. The average Bonchev–Trinajstić information content (AvgIpc) is 2.39. The summed E-state index contributed by atoms with van der Waals surface area (Å²) < 4.78 is 0. The van der Waals surface area contributed by atoms with E-state index in [1.807, 2.05) is 24.3 Å². The number of hydrogen-bond donors (Lipinski definition) is 2. The van der Waals surface area contributed by atoms with Crippen molar-refractivity contribution < 1.29 is 0 Å². The van der Waals surface area contributed by atoms with E-state index in [2.05, 4.69) is 15.5 Å². The first-order valence-electron chi connectivity index (χ1n) is 5.29. The van der Waals surface area contributed by atoms with Crippen molar-refractivity contribution in [3.63, 3.8) is 0 Å². The fraction of sp³-hybridized carbons (Fsp3) is 0.167.